The maximum absolute atomic E-state index is 12.1. The van der Waals surface area contributed by atoms with Crippen LogP contribution in [0.4, 0.5) is 5.69 Å². The third-order valence-corrected chi connectivity index (χ3v) is 4.83. The number of nitrogens with one attached hydrogen (secondary N) is 3. The van der Waals surface area contributed by atoms with Crippen LogP contribution in [-0.4, -0.2) is 40.5 Å². The van der Waals surface area contributed by atoms with Crippen LogP contribution in [-0.2, 0) is 9.59 Å². The summed E-state index contributed by atoms with van der Waals surface area (Å²) in [7, 11) is 0. The molecular weight excluding hydrogens is 342 g/mol. The summed E-state index contributed by atoms with van der Waals surface area (Å²) in [6, 6.07) is 6.18. The third-order valence-electron chi connectivity index (χ3n) is 4.83. The largest absolute Gasteiger partial charge is 0.382 e. The van der Waals surface area contributed by atoms with Crippen molar-refractivity contribution in [2.24, 2.45) is 0 Å². The molecule has 2 amide bonds. The van der Waals surface area contributed by atoms with Gasteiger partial charge in [-0.15, -0.1) is 12.4 Å². The van der Waals surface area contributed by atoms with Crippen LogP contribution in [0.25, 0.3) is 11.0 Å². The van der Waals surface area contributed by atoms with Gasteiger partial charge in [-0.3, -0.25) is 14.9 Å². The van der Waals surface area contributed by atoms with Crippen LogP contribution in [0.1, 0.15) is 31.7 Å². The first-order chi connectivity index (χ1) is 11.7. The minimum atomic E-state index is -0.365. The van der Waals surface area contributed by atoms with Crippen LogP contribution in [0.5, 0.6) is 0 Å². The Kier molecular flexibility index (Phi) is 5.24. The summed E-state index contributed by atoms with van der Waals surface area (Å²) in [5, 5.41) is 9.33. The second-order valence-corrected chi connectivity index (χ2v) is 6.49. The second-order valence-electron chi connectivity index (χ2n) is 6.49. The quantitative estimate of drug-likeness (QED) is 0.721. The van der Waals surface area contributed by atoms with E-state index >= 15 is 0 Å². The maximum atomic E-state index is 12.1. The zero-order chi connectivity index (χ0) is 16.5. The SMILES string of the molecule is Cl.O=C1CCC(n2cnc3cc(NC4CCNCC4)ccc32)C(=O)N1. The van der Waals surface area contributed by atoms with E-state index in [0.29, 0.717) is 18.9 Å². The fraction of sp³-hybridized carbons (Fsp3) is 0.471. The first kappa shape index (κ1) is 17.7. The van der Waals surface area contributed by atoms with Gasteiger partial charge in [0.05, 0.1) is 17.4 Å². The van der Waals surface area contributed by atoms with E-state index < -0.39 is 0 Å². The molecule has 1 aromatic carbocycles. The summed E-state index contributed by atoms with van der Waals surface area (Å²) >= 11 is 0. The van der Waals surface area contributed by atoms with Crippen LogP contribution in [0.15, 0.2) is 24.5 Å². The number of hydrogen-bond acceptors (Lipinski definition) is 5. The maximum Gasteiger partial charge on any atom is 0.249 e. The lowest BCUT2D eigenvalue weighted by Gasteiger charge is -2.25. The van der Waals surface area contributed by atoms with Crippen molar-refractivity contribution in [2.75, 3.05) is 18.4 Å². The minimum absolute atomic E-state index is 0. The number of hydrogen-bond donors (Lipinski definition) is 3. The zero-order valence-corrected chi connectivity index (χ0v) is 14.6. The molecule has 4 rings (SSSR count). The van der Waals surface area contributed by atoms with Crippen molar-refractivity contribution in [1.29, 1.82) is 0 Å². The van der Waals surface area contributed by atoms with Gasteiger partial charge in [0, 0.05) is 18.2 Å². The highest BCUT2D eigenvalue weighted by atomic mass is 35.5. The van der Waals surface area contributed by atoms with Crippen molar-refractivity contribution in [3.63, 3.8) is 0 Å². The van der Waals surface area contributed by atoms with Crippen molar-refractivity contribution < 1.29 is 9.59 Å². The fourth-order valence-electron chi connectivity index (χ4n) is 3.52. The second kappa shape index (κ2) is 7.41. The van der Waals surface area contributed by atoms with Gasteiger partial charge >= 0.3 is 0 Å². The summed E-state index contributed by atoms with van der Waals surface area (Å²) in [5.74, 6) is -0.448. The van der Waals surface area contributed by atoms with E-state index in [1.165, 1.54) is 0 Å². The number of halogens is 1. The van der Waals surface area contributed by atoms with Crippen molar-refractivity contribution >= 4 is 40.9 Å². The molecule has 25 heavy (non-hydrogen) atoms. The summed E-state index contributed by atoms with van der Waals surface area (Å²) in [6.07, 6.45) is 4.81. The number of nitrogens with zero attached hydrogens (tertiary/aromatic N) is 2. The molecule has 3 N–H and O–H groups in total. The minimum Gasteiger partial charge on any atom is -0.382 e. The average Bonchev–Trinajstić information content (AvgIpc) is 2.99. The molecule has 0 bridgehead atoms. The Labute approximate surface area is 152 Å². The summed E-state index contributed by atoms with van der Waals surface area (Å²) in [6.45, 7) is 2.09. The van der Waals surface area contributed by atoms with Gasteiger partial charge in [0.25, 0.3) is 0 Å². The number of piperidine rings is 2. The van der Waals surface area contributed by atoms with Gasteiger partial charge in [-0.1, -0.05) is 0 Å². The number of anilines is 1. The Hall–Kier alpha value is -2.12. The Morgan fingerprint density at radius 1 is 1.16 bits per heavy atom. The van der Waals surface area contributed by atoms with Crippen molar-refractivity contribution in [3.05, 3.63) is 24.5 Å². The molecule has 7 nitrogen and oxygen atoms in total. The zero-order valence-electron chi connectivity index (χ0n) is 13.8. The Bertz CT molecular complexity index is 784. The smallest absolute Gasteiger partial charge is 0.249 e. The first-order valence-corrected chi connectivity index (χ1v) is 8.48. The lowest BCUT2D eigenvalue weighted by Crippen LogP contribution is -2.41. The van der Waals surface area contributed by atoms with E-state index in [2.05, 4.69) is 20.9 Å². The van der Waals surface area contributed by atoms with E-state index in [1.807, 2.05) is 22.8 Å². The third kappa shape index (κ3) is 3.62. The predicted octanol–water partition coefficient (Wildman–Crippen LogP) is 1.60. The Morgan fingerprint density at radius 3 is 2.72 bits per heavy atom. The number of rotatable bonds is 3. The van der Waals surface area contributed by atoms with E-state index in [0.717, 1.165) is 42.7 Å². The number of carbonyl (C=O) groups is 2. The van der Waals surface area contributed by atoms with Gasteiger partial charge in [-0.2, -0.15) is 0 Å². The molecular formula is C17H22ClN5O2. The van der Waals surface area contributed by atoms with Gasteiger partial charge < -0.3 is 15.2 Å². The van der Waals surface area contributed by atoms with Gasteiger partial charge in [0.1, 0.15) is 6.04 Å². The van der Waals surface area contributed by atoms with Gasteiger partial charge in [-0.05, 0) is 50.6 Å². The molecule has 1 atom stereocenters. The molecule has 1 unspecified atom stereocenters. The molecule has 2 fully saturated rings. The van der Waals surface area contributed by atoms with Crippen molar-refractivity contribution in [1.82, 2.24) is 20.2 Å². The number of fused-ring (bicyclic) bond motifs is 1. The van der Waals surface area contributed by atoms with Crippen LogP contribution >= 0.6 is 12.4 Å². The molecule has 0 radical (unpaired) electrons. The van der Waals surface area contributed by atoms with Crippen molar-refractivity contribution in [3.8, 4) is 0 Å². The standard InChI is InChI=1S/C17H21N5O2.ClH/c23-16-4-3-15(17(24)21-16)22-10-19-13-9-12(1-2-14(13)22)20-11-5-7-18-8-6-11;/h1-2,9-11,15,18,20H,3-8H2,(H,21,23,24);1H. The van der Waals surface area contributed by atoms with Gasteiger partial charge in [0.15, 0.2) is 0 Å². The molecule has 3 heterocycles. The van der Waals surface area contributed by atoms with E-state index in [1.54, 1.807) is 6.33 Å². The normalized spacial score (nSPS) is 21.7. The molecule has 2 aliphatic heterocycles. The topological polar surface area (TPSA) is 88.1 Å². The monoisotopic (exact) mass is 363 g/mol. The molecule has 2 aliphatic rings. The molecule has 0 saturated carbocycles. The summed E-state index contributed by atoms with van der Waals surface area (Å²) in [5.41, 5.74) is 2.84. The van der Waals surface area contributed by atoms with Gasteiger partial charge in [-0.25, -0.2) is 4.98 Å². The summed E-state index contributed by atoms with van der Waals surface area (Å²) < 4.78 is 1.87. The van der Waals surface area contributed by atoms with Crippen LogP contribution in [0.3, 0.4) is 0 Å². The number of imide groups is 1. The molecule has 1 aromatic heterocycles. The van der Waals surface area contributed by atoms with E-state index in [9.17, 15) is 9.59 Å². The number of benzene rings is 1. The lowest BCUT2D eigenvalue weighted by atomic mass is 10.1. The predicted molar refractivity (Wildman–Crippen MR) is 97.9 cm³/mol. The van der Waals surface area contributed by atoms with Crippen LogP contribution in [0.2, 0.25) is 0 Å². The number of imidazole rings is 1. The number of amides is 2. The highest BCUT2D eigenvalue weighted by molar-refractivity contribution is 6.00. The first-order valence-electron chi connectivity index (χ1n) is 8.48. The molecule has 2 saturated heterocycles. The molecule has 0 aliphatic carbocycles. The van der Waals surface area contributed by atoms with Gasteiger partial charge in [0.2, 0.25) is 11.8 Å². The highest BCUT2D eigenvalue weighted by Crippen LogP contribution is 2.26. The van der Waals surface area contributed by atoms with Crippen LogP contribution < -0.4 is 16.0 Å². The number of carbonyl (C=O) groups excluding carboxylic acids is 2. The summed E-state index contributed by atoms with van der Waals surface area (Å²) in [4.78, 5) is 27.8. The molecule has 8 heteroatoms. The Morgan fingerprint density at radius 2 is 1.96 bits per heavy atom. The van der Waals surface area contributed by atoms with E-state index in [4.69, 9.17) is 0 Å². The Balaban J connectivity index is 0.00000182. The van der Waals surface area contributed by atoms with Crippen molar-refractivity contribution in [2.45, 2.75) is 37.8 Å². The fourth-order valence-corrected chi connectivity index (χ4v) is 3.52. The molecule has 0 spiro atoms. The average molecular weight is 364 g/mol. The van der Waals surface area contributed by atoms with E-state index in [-0.39, 0.29) is 30.3 Å². The molecule has 2 aromatic rings. The number of aromatic nitrogens is 2. The lowest BCUT2D eigenvalue weighted by molar-refractivity contribution is -0.135. The highest BCUT2D eigenvalue weighted by Gasteiger charge is 2.28. The van der Waals surface area contributed by atoms with Crippen LogP contribution in [0, 0.1) is 0 Å². The molecule has 134 valence electrons.